The Hall–Kier alpha value is -1.26. The molecule has 0 aliphatic carbocycles. The summed E-state index contributed by atoms with van der Waals surface area (Å²) < 4.78 is 3.83. The number of nitrogens with one attached hydrogen (secondary N) is 1. The van der Waals surface area contributed by atoms with E-state index in [0.29, 0.717) is 0 Å². The van der Waals surface area contributed by atoms with E-state index in [2.05, 4.69) is 47.0 Å². The highest BCUT2D eigenvalue weighted by Crippen LogP contribution is 2.12. The first-order chi connectivity index (χ1) is 7.77. The van der Waals surface area contributed by atoms with Crippen LogP contribution in [0, 0.1) is 13.8 Å². The Morgan fingerprint density at radius 2 is 1.94 bits per heavy atom. The first-order valence-electron chi connectivity index (χ1n) is 5.29. The highest BCUT2D eigenvalue weighted by molar-refractivity contribution is 7.03. The quantitative estimate of drug-likeness (QED) is 0.881. The second-order valence-electron chi connectivity index (χ2n) is 3.87. The molecule has 0 amide bonds. The van der Waals surface area contributed by atoms with Crippen LogP contribution in [-0.2, 0) is 13.1 Å². The number of hydrogen-bond acceptors (Lipinski definition) is 4. The Morgan fingerprint density at radius 3 is 2.56 bits per heavy atom. The van der Waals surface area contributed by atoms with Crippen LogP contribution in [0.2, 0.25) is 0 Å². The number of hydrogen-bond donors (Lipinski definition) is 1. The van der Waals surface area contributed by atoms with E-state index in [0.717, 1.165) is 18.8 Å². The second-order valence-corrected chi connectivity index (χ2v) is 4.48. The maximum atomic E-state index is 4.00. The molecule has 0 saturated heterocycles. The molecule has 16 heavy (non-hydrogen) atoms. The zero-order chi connectivity index (χ0) is 11.4. The first-order valence-corrected chi connectivity index (χ1v) is 6.13. The van der Waals surface area contributed by atoms with Gasteiger partial charge in [0, 0.05) is 18.5 Å². The predicted octanol–water partition coefficient (Wildman–Crippen LogP) is 2.44. The van der Waals surface area contributed by atoms with Crippen LogP contribution in [0.25, 0.3) is 0 Å². The lowest BCUT2D eigenvalue weighted by molar-refractivity contribution is 0.672. The van der Waals surface area contributed by atoms with Crippen LogP contribution >= 0.6 is 11.5 Å². The van der Waals surface area contributed by atoms with Crippen molar-refractivity contribution in [2.45, 2.75) is 26.9 Å². The molecule has 2 rings (SSSR count). The summed E-state index contributed by atoms with van der Waals surface area (Å²) in [4.78, 5) is 0. The van der Waals surface area contributed by atoms with E-state index in [4.69, 9.17) is 0 Å². The van der Waals surface area contributed by atoms with Gasteiger partial charge in [-0.05, 0) is 42.1 Å². The lowest BCUT2D eigenvalue weighted by atomic mass is 10.0. The van der Waals surface area contributed by atoms with Gasteiger partial charge in [-0.3, -0.25) is 0 Å². The highest BCUT2D eigenvalue weighted by Gasteiger charge is 2.02. The molecule has 1 aromatic carbocycles. The molecule has 0 radical (unpaired) electrons. The molecule has 0 aliphatic heterocycles. The van der Waals surface area contributed by atoms with Gasteiger partial charge in [0.25, 0.3) is 0 Å². The minimum atomic E-state index is 0.782. The van der Waals surface area contributed by atoms with Gasteiger partial charge in [-0.15, -0.1) is 5.10 Å². The maximum absolute atomic E-state index is 4.00. The smallest absolute Gasteiger partial charge is 0.0893 e. The third-order valence-electron chi connectivity index (χ3n) is 2.66. The predicted molar refractivity (Wildman–Crippen MR) is 66.4 cm³/mol. The van der Waals surface area contributed by atoms with Gasteiger partial charge >= 0.3 is 0 Å². The summed E-state index contributed by atoms with van der Waals surface area (Å²) in [5, 5.41) is 9.36. The number of nitrogens with zero attached hydrogens (tertiary/aromatic N) is 2. The molecule has 0 bridgehead atoms. The van der Waals surface area contributed by atoms with Crippen LogP contribution in [0.3, 0.4) is 0 Å². The zero-order valence-corrected chi connectivity index (χ0v) is 10.3. The van der Waals surface area contributed by atoms with Crippen LogP contribution in [0.4, 0.5) is 0 Å². The molecule has 1 heterocycles. The van der Waals surface area contributed by atoms with Gasteiger partial charge in [-0.25, -0.2) is 0 Å². The van der Waals surface area contributed by atoms with Crippen LogP contribution in [0.15, 0.2) is 23.6 Å². The molecule has 1 aromatic heterocycles. The second kappa shape index (κ2) is 5.18. The Labute approximate surface area is 99.7 Å². The lowest BCUT2D eigenvalue weighted by Crippen LogP contribution is -2.14. The normalized spacial score (nSPS) is 10.6. The fourth-order valence-electron chi connectivity index (χ4n) is 1.70. The van der Waals surface area contributed by atoms with Gasteiger partial charge in [-0.1, -0.05) is 22.7 Å². The summed E-state index contributed by atoms with van der Waals surface area (Å²) in [7, 11) is 0. The fourth-order valence-corrected chi connectivity index (χ4v) is 2.16. The van der Waals surface area contributed by atoms with Crippen molar-refractivity contribution in [3.8, 4) is 0 Å². The molecule has 0 saturated carbocycles. The van der Waals surface area contributed by atoms with E-state index >= 15 is 0 Å². The zero-order valence-electron chi connectivity index (χ0n) is 9.53. The van der Waals surface area contributed by atoms with Crippen LogP contribution < -0.4 is 5.32 Å². The van der Waals surface area contributed by atoms with E-state index in [-0.39, 0.29) is 0 Å². The standard InChI is InChI=1S/C12H15N3S/c1-9-4-3-5-10(2)12(9)7-13-6-11-8-16-15-14-11/h3-5,8,13H,6-7H2,1-2H3. The largest absolute Gasteiger partial charge is 0.307 e. The van der Waals surface area contributed by atoms with E-state index in [1.54, 1.807) is 0 Å². The van der Waals surface area contributed by atoms with Crippen LogP contribution in [-0.4, -0.2) is 9.59 Å². The number of rotatable bonds is 4. The van der Waals surface area contributed by atoms with Crippen molar-refractivity contribution >= 4 is 11.5 Å². The van der Waals surface area contributed by atoms with Gasteiger partial charge in [-0.2, -0.15) is 0 Å². The van der Waals surface area contributed by atoms with Crippen molar-refractivity contribution in [2.75, 3.05) is 0 Å². The van der Waals surface area contributed by atoms with E-state index in [1.165, 1.54) is 28.2 Å². The van der Waals surface area contributed by atoms with Crippen molar-refractivity contribution in [2.24, 2.45) is 0 Å². The number of aryl methyl sites for hydroxylation is 2. The third kappa shape index (κ3) is 2.65. The van der Waals surface area contributed by atoms with E-state index in [9.17, 15) is 0 Å². The SMILES string of the molecule is Cc1cccc(C)c1CNCc1csnn1. The molecule has 0 unspecified atom stereocenters. The highest BCUT2D eigenvalue weighted by atomic mass is 32.1. The Bertz CT molecular complexity index is 431. The average molecular weight is 233 g/mol. The summed E-state index contributed by atoms with van der Waals surface area (Å²) in [6.07, 6.45) is 0. The fraction of sp³-hybridized carbons (Fsp3) is 0.333. The van der Waals surface area contributed by atoms with Gasteiger partial charge < -0.3 is 5.32 Å². The van der Waals surface area contributed by atoms with Crippen molar-refractivity contribution in [3.05, 3.63) is 46.0 Å². The molecule has 0 fully saturated rings. The molecule has 3 nitrogen and oxygen atoms in total. The number of aromatic nitrogens is 2. The summed E-state index contributed by atoms with van der Waals surface area (Å²) >= 11 is 1.39. The summed E-state index contributed by atoms with van der Waals surface area (Å²) in [5.74, 6) is 0. The Balaban J connectivity index is 1.95. The summed E-state index contributed by atoms with van der Waals surface area (Å²) in [6.45, 7) is 5.96. The van der Waals surface area contributed by atoms with Gasteiger partial charge in [0.15, 0.2) is 0 Å². The Morgan fingerprint density at radius 1 is 1.19 bits per heavy atom. The topological polar surface area (TPSA) is 37.8 Å². The van der Waals surface area contributed by atoms with Gasteiger partial charge in [0.1, 0.15) is 0 Å². The summed E-state index contributed by atoms with van der Waals surface area (Å²) in [5.41, 5.74) is 5.06. The van der Waals surface area contributed by atoms with Crippen LogP contribution in [0.5, 0.6) is 0 Å². The lowest BCUT2D eigenvalue weighted by Gasteiger charge is -2.09. The molecule has 1 N–H and O–H groups in total. The molecule has 0 spiro atoms. The molecular weight excluding hydrogens is 218 g/mol. The van der Waals surface area contributed by atoms with E-state index < -0.39 is 0 Å². The molecule has 4 heteroatoms. The van der Waals surface area contributed by atoms with Gasteiger partial charge in [0.2, 0.25) is 0 Å². The maximum Gasteiger partial charge on any atom is 0.0893 e. The van der Waals surface area contributed by atoms with Crippen molar-refractivity contribution in [1.29, 1.82) is 0 Å². The molecular formula is C12H15N3S. The van der Waals surface area contributed by atoms with Crippen molar-refractivity contribution in [1.82, 2.24) is 14.9 Å². The van der Waals surface area contributed by atoms with Crippen LogP contribution in [0.1, 0.15) is 22.4 Å². The minimum Gasteiger partial charge on any atom is -0.307 e. The van der Waals surface area contributed by atoms with E-state index in [1.807, 2.05) is 5.38 Å². The summed E-state index contributed by atoms with van der Waals surface area (Å²) in [6, 6.07) is 6.39. The monoisotopic (exact) mass is 233 g/mol. The molecule has 2 aromatic rings. The Kier molecular flexibility index (Phi) is 3.64. The minimum absolute atomic E-state index is 0.782. The first kappa shape index (κ1) is 11.2. The molecule has 0 atom stereocenters. The average Bonchev–Trinajstić information content (AvgIpc) is 2.75. The molecule has 0 aliphatic rings. The molecule has 84 valence electrons. The van der Waals surface area contributed by atoms with Crippen molar-refractivity contribution in [3.63, 3.8) is 0 Å². The number of benzene rings is 1. The third-order valence-corrected chi connectivity index (χ3v) is 3.21. The van der Waals surface area contributed by atoms with Gasteiger partial charge in [0.05, 0.1) is 5.69 Å². The van der Waals surface area contributed by atoms with Crippen molar-refractivity contribution < 1.29 is 0 Å².